The molecule has 162 valence electrons. The van der Waals surface area contributed by atoms with E-state index >= 15 is 0 Å². The highest BCUT2D eigenvalue weighted by atomic mass is 35.5. The third-order valence-electron chi connectivity index (χ3n) is 4.68. The molecule has 30 heavy (non-hydrogen) atoms. The maximum atomic E-state index is 14.4. The summed E-state index contributed by atoms with van der Waals surface area (Å²) in [6, 6.07) is 6.24. The van der Waals surface area contributed by atoms with Crippen LogP contribution in [0.15, 0.2) is 41.3 Å². The van der Waals surface area contributed by atoms with Crippen molar-refractivity contribution in [3.05, 3.63) is 58.6 Å². The van der Waals surface area contributed by atoms with E-state index in [1.165, 1.54) is 12.1 Å². The van der Waals surface area contributed by atoms with Crippen molar-refractivity contribution in [1.29, 1.82) is 0 Å². The smallest absolute Gasteiger partial charge is 0.255 e. The lowest BCUT2D eigenvalue weighted by atomic mass is 10.1. The standard InChI is InChI=1S/C19H18ClF3N2O4S/c20-13-9-12(4-6-14(13)21)24-19(27)11-3-5-16(23)18(8-11)30(28,29)25-7-1-2-15(22)17(26)10-25/h3-6,8-9,15,17,26H,1-2,7,10H2,(H,24,27)/t15?,17-/m0/s1. The molecule has 0 bridgehead atoms. The van der Waals surface area contributed by atoms with Gasteiger partial charge in [0.1, 0.15) is 22.7 Å². The van der Waals surface area contributed by atoms with E-state index in [4.69, 9.17) is 11.6 Å². The van der Waals surface area contributed by atoms with Gasteiger partial charge in [0, 0.05) is 24.3 Å². The number of anilines is 1. The summed E-state index contributed by atoms with van der Waals surface area (Å²) in [4.78, 5) is 11.7. The molecule has 1 fully saturated rings. The normalized spacial score (nSPS) is 20.6. The Labute approximate surface area is 176 Å². The predicted molar refractivity (Wildman–Crippen MR) is 105 cm³/mol. The van der Waals surface area contributed by atoms with Crippen molar-refractivity contribution in [2.24, 2.45) is 0 Å². The third-order valence-corrected chi connectivity index (χ3v) is 6.85. The van der Waals surface area contributed by atoms with Gasteiger partial charge in [-0.05, 0) is 49.2 Å². The average molecular weight is 463 g/mol. The molecule has 1 unspecified atom stereocenters. The number of hydrogen-bond acceptors (Lipinski definition) is 4. The molecule has 0 aromatic heterocycles. The van der Waals surface area contributed by atoms with Crippen LogP contribution in [0.4, 0.5) is 18.9 Å². The van der Waals surface area contributed by atoms with E-state index in [1.54, 1.807) is 0 Å². The Morgan fingerprint density at radius 3 is 2.57 bits per heavy atom. The quantitative estimate of drug-likeness (QED) is 0.729. The van der Waals surface area contributed by atoms with Crippen LogP contribution in [0.5, 0.6) is 0 Å². The second kappa shape index (κ2) is 8.93. The van der Waals surface area contributed by atoms with E-state index in [0.717, 1.165) is 28.6 Å². The van der Waals surface area contributed by atoms with Gasteiger partial charge in [0.15, 0.2) is 0 Å². The number of alkyl halides is 1. The van der Waals surface area contributed by atoms with Crippen LogP contribution in [0, 0.1) is 11.6 Å². The lowest BCUT2D eigenvalue weighted by Crippen LogP contribution is -2.39. The molecule has 2 aromatic rings. The third kappa shape index (κ3) is 4.77. The molecule has 6 nitrogen and oxygen atoms in total. The molecule has 0 radical (unpaired) electrons. The number of β-amino-alcohol motifs (C(OH)–C–C–N with tert-alkyl or cyclic N) is 1. The number of aliphatic hydroxyl groups excluding tert-OH is 1. The minimum absolute atomic E-state index is 0.0155. The van der Waals surface area contributed by atoms with Gasteiger partial charge in [-0.15, -0.1) is 0 Å². The number of hydrogen-bond donors (Lipinski definition) is 2. The van der Waals surface area contributed by atoms with Crippen LogP contribution in [0.1, 0.15) is 23.2 Å². The zero-order chi connectivity index (χ0) is 22.1. The Kier molecular flexibility index (Phi) is 6.71. The topological polar surface area (TPSA) is 86.7 Å². The summed E-state index contributed by atoms with van der Waals surface area (Å²) in [6.07, 6.45) is -2.96. The Hall–Kier alpha value is -2.14. The molecular weight excluding hydrogens is 445 g/mol. The first kappa shape index (κ1) is 22.5. The number of nitrogens with one attached hydrogen (secondary N) is 1. The minimum Gasteiger partial charge on any atom is -0.389 e. The van der Waals surface area contributed by atoms with Crippen molar-refractivity contribution >= 4 is 33.2 Å². The number of benzene rings is 2. The van der Waals surface area contributed by atoms with Gasteiger partial charge < -0.3 is 10.4 Å². The van der Waals surface area contributed by atoms with Crippen LogP contribution in [-0.4, -0.2) is 49.1 Å². The van der Waals surface area contributed by atoms with Crippen molar-refractivity contribution in [2.75, 3.05) is 18.4 Å². The van der Waals surface area contributed by atoms with Crippen molar-refractivity contribution in [3.8, 4) is 0 Å². The van der Waals surface area contributed by atoms with Gasteiger partial charge in [0.05, 0.1) is 11.1 Å². The van der Waals surface area contributed by atoms with Crippen LogP contribution >= 0.6 is 11.6 Å². The van der Waals surface area contributed by atoms with Gasteiger partial charge in [-0.25, -0.2) is 21.6 Å². The summed E-state index contributed by atoms with van der Waals surface area (Å²) < 4.78 is 67.9. The van der Waals surface area contributed by atoms with Crippen molar-refractivity contribution in [3.63, 3.8) is 0 Å². The lowest BCUT2D eigenvalue weighted by molar-refractivity contribution is 0.0710. The molecule has 1 amide bonds. The summed E-state index contributed by atoms with van der Waals surface area (Å²) >= 11 is 5.66. The van der Waals surface area contributed by atoms with Gasteiger partial charge in [-0.1, -0.05) is 11.6 Å². The number of halogens is 4. The lowest BCUT2D eigenvalue weighted by Gasteiger charge is -2.22. The van der Waals surface area contributed by atoms with Crippen LogP contribution in [-0.2, 0) is 10.0 Å². The maximum absolute atomic E-state index is 14.4. The molecule has 1 saturated heterocycles. The largest absolute Gasteiger partial charge is 0.389 e. The van der Waals surface area contributed by atoms with E-state index in [0.29, 0.717) is 0 Å². The highest BCUT2D eigenvalue weighted by Crippen LogP contribution is 2.26. The summed E-state index contributed by atoms with van der Waals surface area (Å²) in [5, 5.41) is 12.0. The molecule has 2 N–H and O–H groups in total. The molecule has 1 aliphatic rings. The highest BCUT2D eigenvalue weighted by molar-refractivity contribution is 7.89. The second-order valence-corrected chi connectivity index (χ2v) is 9.13. The van der Waals surface area contributed by atoms with E-state index in [-0.39, 0.29) is 35.7 Å². The van der Waals surface area contributed by atoms with E-state index in [2.05, 4.69) is 5.32 Å². The Bertz CT molecular complexity index is 1070. The molecule has 0 aliphatic carbocycles. The van der Waals surface area contributed by atoms with Crippen LogP contribution in [0.25, 0.3) is 0 Å². The number of aliphatic hydroxyl groups is 1. The molecule has 2 aromatic carbocycles. The second-order valence-electron chi connectivity index (χ2n) is 6.82. The number of amides is 1. The summed E-state index contributed by atoms with van der Waals surface area (Å²) in [6.45, 7) is -0.614. The van der Waals surface area contributed by atoms with Crippen LogP contribution < -0.4 is 5.32 Å². The first-order chi connectivity index (χ1) is 14.1. The molecule has 3 rings (SSSR count). The van der Waals surface area contributed by atoms with Crippen molar-refractivity contribution in [2.45, 2.75) is 30.0 Å². The average Bonchev–Trinajstić information content (AvgIpc) is 2.86. The molecule has 2 atom stereocenters. The zero-order valence-electron chi connectivity index (χ0n) is 15.5. The predicted octanol–water partition coefficient (Wildman–Crippen LogP) is 3.35. The summed E-state index contributed by atoms with van der Waals surface area (Å²) in [7, 11) is -4.43. The van der Waals surface area contributed by atoms with E-state index in [9.17, 15) is 31.5 Å². The summed E-state index contributed by atoms with van der Waals surface area (Å²) in [5.74, 6) is -2.54. The van der Waals surface area contributed by atoms with Crippen molar-refractivity contribution in [1.82, 2.24) is 4.31 Å². The van der Waals surface area contributed by atoms with Gasteiger partial charge in [0.2, 0.25) is 10.0 Å². The number of sulfonamides is 1. The zero-order valence-corrected chi connectivity index (χ0v) is 17.1. The van der Waals surface area contributed by atoms with Gasteiger partial charge >= 0.3 is 0 Å². The number of carbonyl (C=O) groups is 1. The molecule has 0 saturated carbocycles. The number of rotatable bonds is 4. The fraction of sp³-hybridized carbons (Fsp3) is 0.316. The molecule has 1 aliphatic heterocycles. The van der Waals surface area contributed by atoms with E-state index < -0.39 is 51.3 Å². The highest BCUT2D eigenvalue weighted by Gasteiger charge is 2.34. The number of carbonyl (C=O) groups excluding carboxylic acids is 1. The Balaban J connectivity index is 1.88. The molecular formula is C19H18ClF3N2O4S. The Morgan fingerprint density at radius 1 is 1.17 bits per heavy atom. The molecule has 1 heterocycles. The Morgan fingerprint density at radius 2 is 1.87 bits per heavy atom. The fourth-order valence-electron chi connectivity index (χ4n) is 3.05. The first-order valence-corrected chi connectivity index (χ1v) is 10.8. The van der Waals surface area contributed by atoms with Crippen molar-refractivity contribution < 1.29 is 31.5 Å². The molecule has 11 heteroatoms. The van der Waals surface area contributed by atoms with Gasteiger partial charge in [-0.2, -0.15) is 4.31 Å². The SMILES string of the molecule is O=C(Nc1ccc(F)c(Cl)c1)c1ccc(F)c(S(=O)(=O)N2CCCC(F)[C@@H](O)C2)c1. The summed E-state index contributed by atoms with van der Waals surface area (Å²) in [5.41, 5.74) is -0.0149. The van der Waals surface area contributed by atoms with Gasteiger partial charge in [-0.3, -0.25) is 4.79 Å². The maximum Gasteiger partial charge on any atom is 0.255 e. The monoisotopic (exact) mass is 462 g/mol. The van der Waals surface area contributed by atoms with E-state index in [1.807, 2.05) is 0 Å². The van der Waals surface area contributed by atoms with Crippen LogP contribution in [0.2, 0.25) is 5.02 Å². The van der Waals surface area contributed by atoms with Gasteiger partial charge in [0.25, 0.3) is 5.91 Å². The van der Waals surface area contributed by atoms with Crippen LogP contribution in [0.3, 0.4) is 0 Å². The first-order valence-electron chi connectivity index (χ1n) is 8.98. The number of nitrogens with zero attached hydrogens (tertiary/aromatic N) is 1. The minimum atomic E-state index is -4.43. The fourth-order valence-corrected chi connectivity index (χ4v) is 4.81. The molecule has 0 spiro atoms.